The van der Waals surface area contributed by atoms with E-state index in [-0.39, 0.29) is 0 Å². The van der Waals surface area contributed by atoms with Crippen LogP contribution < -0.4 is 28.4 Å². The van der Waals surface area contributed by atoms with E-state index in [1.165, 1.54) is 231 Å². The van der Waals surface area contributed by atoms with Crippen molar-refractivity contribution < 1.29 is 28.4 Å². The van der Waals surface area contributed by atoms with Gasteiger partial charge in [0.2, 0.25) is 0 Å². The highest BCUT2D eigenvalue weighted by Crippen LogP contribution is 2.40. The molecule has 12 nitrogen and oxygen atoms in total. The number of hydrogen-bond acceptors (Lipinski definition) is 12. The standard InChI is InChI=1S/C84H132N6O6/c1-7-13-19-25-31-37-43-49-55-91-73-61-67-68(62-74(73)92-56-50-44-38-32-26-20-14-8-2)86-80-79(85-67)81-83(89-70-64-76(94-58-52-46-40-34-28-22-16-10-4)75(63-69(70)87-81)93-57-51-45-39-33-27-21-15-9-3)84-82(80)88-71-65-77(95-59-53-47-41-35-29-23-17-11-5)78(66-72(71)90-84)96-60-54-48-42-36-30-24-18-12-6/h61-66H,7-60H2,1-6H3. The van der Waals surface area contributed by atoms with Gasteiger partial charge in [0.05, 0.1) is 72.7 Å². The van der Waals surface area contributed by atoms with Crippen molar-refractivity contribution in [3.63, 3.8) is 0 Å². The van der Waals surface area contributed by atoms with Gasteiger partial charge < -0.3 is 28.4 Å². The number of ether oxygens (including phenoxy) is 6. The number of hydrogen-bond donors (Lipinski definition) is 0. The Labute approximate surface area is 581 Å². The summed E-state index contributed by atoms with van der Waals surface area (Å²) in [4.78, 5) is 33.2. The second kappa shape index (κ2) is 48.3. The van der Waals surface area contributed by atoms with Crippen LogP contribution >= 0.6 is 0 Å². The Kier molecular flexibility index (Phi) is 39.1. The van der Waals surface area contributed by atoms with E-state index in [0.717, 1.165) is 77.0 Å². The normalized spacial score (nSPS) is 11.8. The molecule has 7 aromatic rings. The van der Waals surface area contributed by atoms with Gasteiger partial charge in [0.15, 0.2) is 34.5 Å². The van der Waals surface area contributed by atoms with Crippen LogP contribution in [0.15, 0.2) is 36.4 Å². The summed E-state index contributed by atoms with van der Waals surface area (Å²) >= 11 is 0. The maximum atomic E-state index is 6.71. The van der Waals surface area contributed by atoms with Gasteiger partial charge in [-0.15, -0.1) is 0 Å². The van der Waals surface area contributed by atoms with Crippen molar-refractivity contribution in [2.24, 2.45) is 0 Å². The molecule has 3 heterocycles. The van der Waals surface area contributed by atoms with Crippen molar-refractivity contribution in [1.82, 2.24) is 29.9 Å². The van der Waals surface area contributed by atoms with Crippen molar-refractivity contribution in [3.05, 3.63) is 36.4 Å². The second-order valence-corrected chi connectivity index (χ2v) is 28.1. The molecule has 0 spiro atoms. The molecule has 0 aliphatic carbocycles. The summed E-state index contributed by atoms with van der Waals surface area (Å²) in [7, 11) is 0. The minimum absolute atomic E-state index is 0.600. The fourth-order valence-corrected chi connectivity index (χ4v) is 13.4. The maximum absolute atomic E-state index is 6.71. The van der Waals surface area contributed by atoms with Crippen LogP contribution in [-0.2, 0) is 0 Å². The summed E-state index contributed by atoms with van der Waals surface area (Å²) in [5.74, 6) is 4.19. The molecule has 0 amide bonds. The quantitative estimate of drug-likeness (QED) is 0.0204. The van der Waals surface area contributed by atoms with E-state index in [4.69, 9.17) is 58.3 Å². The topological polar surface area (TPSA) is 133 Å². The van der Waals surface area contributed by atoms with E-state index in [2.05, 4.69) is 41.5 Å². The van der Waals surface area contributed by atoms with Gasteiger partial charge in [-0.25, -0.2) is 29.9 Å². The van der Waals surface area contributed by atoms with Gasteiger partial charge in [-0.05, 0) is 38.5 Å². The molecule has 0 bridgehead atoms. The van der Waals surface area contributed by atoms with Crippen molar-refractivity contribution in [3.8, 4) is 34.5 Å². The number of fused-ring (bicyclic) bond motifs is 9. The van der Waals surface area contributed by atoms with Crippen LogP contribution in [0, 0.1) is 0 Å². The monoisotopic (exact) mass is 1320 g/mol. The predicted octanol–water partition coefficient (Wildman–Crippen LogP) is 26.1. The number of unbranched alkanes of at least 4 members (excludes halogenated alkanes) is 42. The SMILES string of the molecule is CCCCCCCCCCOc1cc2nc3c4nc5cc(OCCCCCCCCCC)c(OCCCCCCCCCC)cc5nc4c4nc5cc(OCCCCCCCCCC)c(OCCCCCCCCCC)cc5nc4c3nc2cc1OCCCCCCCCCC. The van der Waals surface area contributed by atoms with Crippen LogP contribution in [-0.4, -0.2) is 69.5 Å². The highest BCUT2D eigenvalue weighted by Gasteiger charge is 2.23. The van der Waals surface area contributed by atoms with E-state index >= 15 is 0 Å². The van der Waals surface area contributed by atoms with Gasteiger partial charge in [0.1, 0.15) is 33.1 Å². The molecule has 0 unspecified atom stereocenters. The van der Waals surface area contributed by atoms with Gasteiger partial charge in [0, 0.05) is 36.4 Å². The Morgan fingerprint density at radius 2 is 0.281 bits per heavy atom. The zero-order chi connectivity index (χ0) is 67.3. The molecule has 3 aromatic heterocycles. The first-order chi connectivity index (χ1) is 47.5. The Hall–Kier alpha value is -5.52. The molecule has 12 heteroatoms. The Balaban J connectivity index is 1.31. The molecule has 534 valence electrons. The number of rotatable bonds is 60. The fraction of sp³-hybridized carbons (Fsp3) is 0.714. The van der Waals surface area contributed by atoms with Gasteiger partial charge in [-0.2, -0.15) is 0 Å². The van der Waals surface area contributed by atoms with Crippen molar-refractivity contribution in [2.45, 2.75) is 350 Å². The van der Waals surface area contributed by atoms with Crippen LogP contribution in [0.1, 0.15) is 350 Å². The lowest BCUT2D eigenvalue weighted by molar-refractivity contribution is 0.259. The molecule has 0 N–H and O–H groups in total. The second-order valence-electron chi connectivity index (χ2n) is 28.1. The summed E-state index contributed by atoms with van der Waals surface area (Å²) in [6.45, 7) is 17.3. The average molecular weight is 1320 g/mol. The van der Waals surface area contributed by atoms with E-state index in [9.17, 15) is 0 Å². The summed E-state index contributed by atoms with van der Waals surface area (Å²) in [5.41, 5.74) is 7.75. The summed E-state index contributed by atoms with van der Waals surface area (Å²) in [6, 6.07) is 12.2. The van der Waals surface area contributed by atoms with E-state index in [1.54, 1.807) is 0 Å². The summed E-state index contributed by atoms with van der Waals surface area (Å²) < 4.78 is 40.3. The third-order valence-corrected chi connectivity index (χ3v) is 19.4. The Morgan fingerprint density at radius 1 is 0.167 bits per heavy atom. The molecular formula is C84H132N6O6. The highest BCUT2D eigenvalue weighted by atomic mass is 16.5. The van der Waals surface area contributed by atoms with Crippen molar-refractivity contribution >= 4 is 66.2 Å². The average Bonchev–Trinajstić information content (AvgIpc) is 0.720. The molecule has 4 aromatic carbocycles. The van der Waals surface area contributed by atoms with E-state index in [1.807, 2.05) is 36.4 Å². The largest absolute Gasteiger partial charge is 0.490 e. The Bertz CT molecular complexity index is 2650. The van der Waals surface area contributed by atoms with Crippen molar-refractivity contribution in [1.29, 1.82) is 0 Å². The van der Waals surface area contributed by atoms with Crippen LogP contribution in [0.2, 0.25) is 0 Å². The third-order valence-electron chi connectivity index (χ3n) is 19.4. The van der Waals surface area contributed by atoms with Crippen LogP contribution in [0.25, 0.3) is 66.2 Å². The maximum Gasteiger partial charge on any atom is 0.163 e. The zero-order valence-corrected chi connectivity index (χ0v) is 61.8. The van der Waals surface area contributed by atoms with E-state index in [0.29, 0.717) is 140 Å². The van der Waals surface area contributed by atoms with Gasteiger partial charge in [-0.3, -0.25) is 0 Å². The lowest BCUT2D eigenvalue weighted by Crippen LogP contribution is -2.05. The molecule has 0 fully saturated rings. The molecule has 0 saturated heterocycles. The molecule has 0 aliphatic heterocycles. The fourth-order valence-electron chi connectivity index (χ4n) is 13.4. The first kappa shape index (κ1) is 77.8. The molecule has 0 saturated carbocycles. The molecule has 0 atom stereocenters. The molecule has 7 rings (SSSR count). The van der Waals surface area contributed by atoms with Crippen LogP contribution in [0.4, 0.5) is 0 Å². The smallest absolute Gasteiger partial charge is 0.163 e. The van der Waals surface area contributed by atoms with Gasteiger partial charge in [0.25, 0.3) is 0 Å². The van der Waals surface area contributed by atoms with Crippen molar-refractivity contribution in [2.75, 3.05) is 39.6 Å². The summed E-state index contributed by atoms with van der Waals surface area (Å²) in [5, 5.41) is 0. The Morgan fingerprint density at radius 3 is 0.406 bits per heavy atom. The lowest BCUT2D eigenvalue weighted by Gasteiger charge is -2.16. The first-order valence-electron chi connectivity index (χ1n) is 40.3. The van der Waals surface area contributed by atoms with Crippen LogP contribution in [0.3, 0.4) is 0 Å². The molecule has 0 aliphatic rings. The summed E-state index contributed by atoms with van der Waals surface area (Å²) in [6.07, 6.45) is 59.0. The van der Waals surface area contributed by atoms with E-state index < -0.39 is 0 Å². The predicted molar refractivity (Wildman–Crippen MR) is 407 cm³/mol. The lowest BCUT2D eigenvalue weighted by atomic mass is 10.1. The minimum Gasteiger partial charge on any atom is -0.490 e. The third kappa shape index (κ3) is 27.7. The molecule has 96 heavy (non-hydrogen) atoms. The van der Waals surface area contributed by atoms with Gasteiger partial charge in [-0.1, -0.05) is 311 Å². The number of benzene rings is 4. The highest BCUT2D eigenvalue weighted by molar-refractivity contribution is 6.21. The van der Waals surface area contributed by atoms with Gasteiger partial charge >= 0.3 is 0 Å². The minimum atomic E-state index is 0.600. The number of aromatic nitrogens is 6. The molecular weight excluding hydrogens is 1190 g/mol. The zero-order valence-electron chi connectivity index (χ0n) is 61.8. The molecule has 0 radical (unpaired) electrons. The van der Waals surface area contributed by atoms with Crippen LogP contribution in [0.5, 0.6) is 34.5 Å². The number of nitrogens with zero attached hydrogens (tertiary/aromatic N) is 6. The first-order valence-corrected chi connectivity index (χ1v) is 40.3.